The SMILES string of the molecule is C1CC2(CCO2)CN1.C1CC2(CCO2)CN1.O=C([O-])C(=O)[O-]. The lowest BCUT2D eigenvalue weighted by molar-refractivity contribution is -0.345. The average molecular weight is 314 g/mol. The van der Waals surface area contributed by atoms with E-state index in [1.165, 1.54) is 25.7 Å². The van der Waals surface area contributed by atoms with Gasteiger partial charge in [-0.05, 0) is 25.9 Å². The molecule has 4 aliphatic heterocycles. The Balaban J connectivity index is 0.000000123. The summed E-state index contributed by atoms with van der Waals surface area (Å²) in [4.78, 5) is 17.9. The van der Waals surface area contributed by atoms with Gasteiger partial charge in [-0.25, -0.2) is 0 Å². The highest BCUT2D eigenvalue weighted by atomic mass is 16.5. The van der Waals surface area contributed by atoms with Gasteiger partial charge in [-0.1, -0.05) is 0 Å². The number of hydrogen-bond acceptors (Lipinski definition) is 8. The van der Waals surface area contributed by atoms with E-state index in [9.17, 15) is 0 Å². The minimum Gasteiger partial charge on any atom is -0.543 e. The zero-order valence-electron chi connectivity index (χ0n) is 12.5. The van der Waals surface area contributed by atoms with Crippen LogP contribution in [0.4, 0.5) is 0 Å². The average Bonchev–Trinajstić information content (AvgIpc) is 3.08. The summed E-state index contributed by atoms with van der Waals surface area (Å²) in [7, 11) is 0. The number of nitrogens with one attached hydrogen (secondary N) is 2. The van der Waals surface area contributed by atoms with Crippen LogP contribution in [-0.4, -0.2) is 62.5 Å². The third-order valence-electron chi connectivity index (χ3n) is 4.51. The van der Waals surface area contributed by atoms with Crippen LogP contribution in [0.5, 0.6) is 0 Å². The molecule has 4 aliphatic rings. The summed E-state index contributed by atoms with van der Waals surface area (Å²) in [5.41, 5.74) is 0.611. The molecule has 0 radical (unpaired) electrons. The number of aliphatic carboxylic acids is 2. The van der Waals surface area contributed by atoms with Crippen LogP contribution in [-0.2, 0) is 19.1 Å². The smallest absolute Gasteiger partial charge is 0.0870 e. The second kappa shape index (κ2) is 7.36. The molecule has 8 nitrogen and oxygen atoms in total. The summed E-state index contributed by atoms with van der Waals surface area (Å²) in [6.07, 6.45) is 5.01. The summed E-state index contributed by atoms with van der Waals surface area (Å²) in [6.45, 7) is 6.46. The maximum atomic E-state index is 8.93. The quantitative estimate of drug-likeness (QED) is 0.447. The zero-order chi connectivity index (χ0) is 16.1. The molecule has 2 spiro atoms. The van der Waals surface area contributed by atoms with Crippen molar-refractivity contribution >= 4 is 11.9 Å². The Morgan fingerprint density at radius 2 is 1.14 bits per heavy atom. The van der Waals surface area contributed by atoms with Gasteiger partial charge in [0.2, 0.25) is 0 Å². The van der Waals surface area contributed by atoms with Crippen molar-refractivity contribution in [2.24, 2.45) is 0 Å². The van der Waals surface area contributed by atoms with Crippen molar-refractivity contribution in [1.29, 1.82) is 0 Å². The molecule has 0 aliphatic carbocycles. The first kappa shape index (κ1) is 17.1. The van der Waals surface area contributed by atoms with Crippen molar-refractivity contribution in [2.75, 3.05) is 39.4 Å². The van der Waals surface area contributed by atoms with Crippen LogP contribution in [0, 0.1) is 0 Å². The molecule has 0 aromatic rings. The van der Waals surface area contributed by atoms with Crippen LogP contribution in [0.15, 0.2) is 0 Å². The molecular weight excluding hydrogens is 292 g/mol. The number of carboxylic acid groups (broad SMARTS) is 2. The molecule has 2 unspecified atom stereocenters. The highest BCUT2D eigenvalue weighted by molar-refractivity contribution is 6.25. The van der Waals surface area contributed by atoms with E-state index in [2.05, 4.69) is 10.6 Å². The maximum Gasteiger partial charge on any atom is 0.0870 e. The number of rotatable bonds is 0. The zero-order valence-corrected chi connectivity index (χ0v) is 12.5. The summed E-state index contributed by atoms with van der Waals surface area (Å²) >= 11 is 0. The van der Waals surface area contributed by atoms with Crippen molar-refractivity contribution in [3.63, 3.8) is 0 Å². The number of ether oxygens (including phenoxy) is 2. The molecule has 2 atom stereocenters. The molecule has 4 heterocycles. The third kappa shape index (κ3) is 4.39. The van der Waals surface area contributed by atoms with Crippen LogP contribution >= 0.6 is 0 Å². The second-order valence-electron chi connectivity index (χ2n) is 5.99. The van der Waals surface area contributed by atoms with E-state index in [0.717, 1.165) is 39.4 Å². The highest BCUT2D eigenvalue weighted by Crippen LogP contribution is 2.32. The fourth-order valence-corrected chi connectivity index (χ4v) is 2.90. The molecule has 8 heteroatoms. The summed E-state index contributed by atoms with van der Waals surface area (Å²) in [6, 6.07) is 0. The maximum absolute atomic E-state index is 8.93. The topological polar surface area (TPSA) is 123 Å². The van der Waals surface area contributed by atoms with Crippen LogP contribution in [0.2, 0.25) is 0 Å². The Bertz CT molecular complexity index is 352. The van der Waals surface area contributed by atoms with Gasteiger partial charge in [-0.15, -0.1) is 0 Å². The van der Waals surface area contributed by atoms with Gasteiger partial charge in [0, 0.05) is 25.9 Å². The molecule has 0 saturated carbocycles. The molecule has 126 valence electrons. The van der Waals surface area contributed by atoms with Crippen LogP contribution in [0.3, 0.4) is 0 Å². The van der Waals surface area contributed by atoms with Crippen molar-refractivity contribution in [3.05, 3.63) is 0 Å². The molecule has 4 saturated heterocycles. The Labute approximate surface area is 129 Å². The Kier molecular flexibility index (Phi) is 5.74. The molecule has 0 aromatic carbocycles. The standard InChI is InChI=1S/2C6H11NO.C2H2O4/c2*1-3-7-5-6(1)2-4-8-6;3-1(4)2(5)6/h2*7H,1-5H2;(H,3,4)(H,5,6)/p-2. The van der Waals surface area contributed by atoms with E-state index in [4.69, 9.17) is 29.3 Å². The fourth-order valence-electron chi connectivity index (χ4n) is 2.90. The van der Waals surface area contributed by atoms with Crippen molar-refractivity contribution in [2.45, 2.75) is 36.9 Å². The van der Waals surface area contributed by atoms with Gasteiger partial charge in [0.1, 0.15) is 0 Å². The van der Waals surface area contributed by atoms with E-state index in [0.29, 0.717) is 11.2 Å². The van der Waals surface area contributed by atoms with E-state index in [-0.39, 0.29) is 0 Å². The fraction of sp³-hybridized carbons (Fsp3) is 0.857. The summed E-state index contributed by atoms with van der Waals surface area (Å²) in [5, 5.41) is 24.4. The minimum atomic E-state index is -2.19. The minimum absolute atomic E-state index is 0.306. The highest BCUT2D eigenvalue weighted by Gasteiger charge is 2.41. The Morgan fingerprint density at radius 1 is 0.773 bits per heavy atom. The molecule has 4 fully saturated rings. The number of carbonyl (C=O) groups is 2. The number of carboxylic acids is 2. The van der Waals surface area contributed by atoms with E-state index in [1.54, 1.807) is 0 Å². The predicted octanol–water partition coefficient (Wildman–Crippen LogP) is -3.24. The van der Waals surface area contributed by atoms with Gasteiger partial charge in [-0.2, -0.15) is 0 Å². The first-order chi connectivity index (χ1) is 10.5. The number of hydrogen-bond donors (Lipinski definition) is 2. The van der Waals surface area contributed by atoms with Gasteiger partial charge in [0.25, 0.3) is 0 Å². The lowest BCUT2D eigenvalue weighted by atomic mass is 9.94. The van der Waals surface area contributed by atoms with Gasteiger partial charge in [-0.3, -0.25) is 0 Å². The first-order valence-electron chi connectivity index (χ1n) is 7.59. The molecule has 4 rings (SSSR count). The van der Waals surface area contributed by atoms with Crippen molar-refractivity contribution < 1.29 is 29.3 Å². The van der Waals surface area contributed by atoms with Crippen molar-refractivity contribution in [1.82, 2.24) is 10.6 Å². The second-order valence-corrected chi connectivity index (χ2v) is 5.99. The van der Waals surface area contributed by atoms with Gasteiger partial charge in [0.05, 0.1) is 36.4 Å². The summed E-state index contributed by atoms with van der Waals surface area (Å²) in [5.74, 6) is -4.37. The Hall–Kier alpha value is -1.22. The van der Waals surface area contributed by atoms with Gasteiger partial charge < -0.3 is 39.9 Å². The third-order valence-corrected chi connectivity index (χ3v) is 4.51. The first-order valence-corrected chi connectivity index (χ1v) is 7.59. The molecule has 2 N–H and O–H groups in total. The molecular formula is C14H22N2O6-2. The molecule has 0 amide bonds. The normalized spacial score (nSPS) is 34.7. The monoisotopic (exact) mass is 314 g/mol. The van der Waals surface area contributed by atoms with Crippen LogP contribution in [0.1, 0.15) is 25.7 Å². The van der Waals surface area contributed by atoms with E-state index in [1.807, 2.05) is 0 Å². The summed E-state index contributed by atoms with van der Waals surface area (Å²) < 4.78 is 10.8. The molecule has 22 heavy (non-hydrogen) atoms. The Morgan fingerprint density at radius 3 is 1.23 bits per heavy atom. The van der Waals surface area contributed by atoms with Gasteiger partial charge in [0.15, 0.2) is 0 Å². The van der Waals surface area contributed by atoms with E-state index >= 15 is 0 Å². The largest absolute Gasteiger partial charge is 0.543 e. The number of carbonyl (C=O) groups excluding carboxylic acids is 2. The molecule has 0 bridgehead atoms. The lowest BCUT2D eigenvalue weighted by Gasteiger charge is -2.37. The predicted molar refractivity (Wildman–Crippen MR) is 71.6 cm³/mol. The van der Waals surface area contributed by atoms with Crippen LogP contribution in [0.25, 0.3) is 0 Å². The van der Waals surface area contributed by atoms with Crippen molar-refractivity contribution in [3.8, 4) is 0 Å². The van der Waals surface area contributed by atoms with Crippen LogP contribution < -0.4 is 20.8 Å². The van der Waals surface area contributed by atoms with E-state index < -0.39 is 11.9 Å². The lowest BCUT2D eigenvalue weighted by Crippen LogP contribution is -2.45. The van der Waals surface area contributed by atoms with Gasteiger partial charge >= 0.3 is 0 Å². The molecule has 0 aromatic heterocycles.